The summed E-state index contributed by atoms with van der Waals surface area (Å²) in [7, 11) is 1.45. The summed E-state index contributed by atoms with van der Waals surface area (Å²) in [5.41, 5.74) is 0.929. The summed E-state index contributed by atoms with van der Waals surface area (Å²) in [6.07, 6.45) is 2.93. The summed E-state index contributed by atoms with van der Waals surface area (Å²) < 4.78 is 18.4. The molecule has 2 nitrogen and oxygen atoms in total. The zero-order valence-electron chi connectivity index (χ0n) is 10.3. The number of halogens is 1. The molecule has 1 unspecified atom stereocenters. The minimum atomic E-state index is -0.335. The van der Waals surface area contributed by atoms with Crippen LogP contribution in [0.4, 0.5) is 4.39 Å². The van der Waals surface area contributed by atoms with E-state index in [0.717, 1.165) is 18.4 Å². The molecular weight excluding hydrogens is 219 g/mol. The molecule has 17 heavy (non-hydrogen) atoms. The Morgan fingerprint density at radius 3 is 2.76 bits per heavy atom. The molecular formula is C14H17FO2. The molecule has 0 N–H and O–H groups in total. The molecule has 0 amide bonds. The average molecular weight is 236 g/mol. The molecule has 0 aliphatic heterocycles. The number of ether oxygens (including phenoxy) is 1. The smallest absolute Gasteiger partial charge is 0.165 e. The predicted molar refractivity (Wildman–Crippen MR) is 63.6 cm³/mol. The van der Waals surface area contributed by atoms with E-state index in [1.807, 2.05) is 6.07 Å². The molecule has 3 heteroatoms. The van der Waals surface area contributed by atoms with Crippen molar-refractivity contribution in [3.63, 3.8) is 0 Å². The van der Waals surface area contributed by atoms with E-state index in [1.165, 1.54) is 13.2 Å². The third-order valence-electron chi connectivity index (χ3n) is 3.48. The van der Waals surface area contributed by atoms with Crippen LogP contribution >= 0.6 is 0 Å². The maximum Gasteiger partial charge on any atom is 0.165 e. The first kappa shape index (κ1) is 12.1. The van der Waals surface area contributed by atoms with Gasteiger partial charge in [0, 0.05) is 12.8 Å². The van der Waals surface area contributed by atoms with Crippen molar-refractivity contribution in [1.29, 1.82) is 0 Å². The van der Waals surface area contributed by atoms with Gasteiger partial charge in [-0.1, -0.05) is 13.0 Å². The third kappa shape index (κ3) is 2.65. The molecule has 0 heterocycles. The van der Waals surface area contributed by atoms with E-state index in [-0.39, 0.29) is 17.0 Å². The topological polar surface area (TPSA) is 26.3 Å². The number of carbonyl (C=O) groups excluding carboxylic acids is 1. The van der Waals surface area contributed by atoms with Crippen LogP contribution in [0.2, 0.25) is 0 Å². The van der Waals surface area contributed by atoms with Gasteiger partial charge in [-0.05, 0) is 36.0 Å². The van der Waals surface area contributed by atoms with Gasteiger partial charge in [-0.2, -0.15) is 0 Å². The minimum absolute atomic E-state index is 0.00187. The molecule has 1 aromatic rings. The van der Waals surface area contributed by atoms with E-state index < -0.39 is 0 Å². The Hall–Kier alpha value is -1.38. The lowest BCUT2D eigenvalue weighted by molar-refractivity contribution is -0.117. The van der Waals surface area contributed by atoms with Crippen molar-refractivity contribution in [3.05, 3.63) is 29.6 Å². The van der Waals surface area contributed by atoms with Crippen molar-refractivity contribution in [1.82, 2.24) is 0 Å². The molecule has 0 bridgehead atoms. The number of methoxy groups -OCH3 is 1. The zero-order chi connectivity index (χ0) is 12.5. The molecule has 1 saturated carbocycles. The van der Waals surface area contributed by atoms with Crippen LogP contribution in [0.3, 0.4) is 0 Å². The highest BCUT2D eigenvalue weighted by Gasteiger charge is 2.33. The molecule has 0 radical (unpaired) electrons. The number of ketones is 1. The van der Waals surface area contributed by atoms with Crippen LogP contribution in [0.15, 0.2) is 18.2 Å². The Labute approximate surface area is 101 Å². The van der Waals surface area contributed by atoms with E-state index in [4.69, 9.17) is 4.74 Å². The maximum atomic E-state index is 13.5. The summed E-state index contributed by atoms with van der Waals surface area (Å²) >= 11 is 0. The van der Waals surface area contributed by atoms with Crippen molar-refractivity contribution in [2.24, 2.45) is 5.41 Å². The van der Waals surface area contributed by atoms with Crippen LogP contribution in [0.5, 0.6) is 5.75 Å². The van der Waals surface area contributed by atoms with Gasteiger partial charge in [0.25, 0.3) is 0 Å². The van der Waals surface area contributed by atoms with Gasteiger partial charge in [0.1, 0.15) is 5.78 Å². The molecule has 2 rings (SSSR count). The first-order valence-electron chi connectivity index (χ1n) is 5.86. The fourth-order valence-electron chi connectivity index (χ4n) is 2.56. The Balaban J connectivity index is 2.14. The van der Waals surface area contributed by atoms with Crippen LogP contribution < -0.4 is 4.74 Å². The lowest BCUT2D eigenvalue weighted by atomic mass is 9.82. The number of carbonyl (C=O) groups is 1. The quantitative estimate of drug-likeness (QED) is 0.806. The lowest BCUT2D eigenvalue weighted by Gasteiger charge is -2.22. The van der Waals surface area contributed by atoms with Crippen molar-refractivity contribution in [2.75, 3.05) is 7.11 Å². The lowest BCUT2D eigenvalue weighted by Crippen LogP contribution is -2.15. The number of hydrogen-bond donors (Lipinski definition) is 0. The van der Waals surface area contributed by atoms with Gasteiger partial charge in [-0.3, -0.25) is 4.79 Å². The van der Waals surface area contributed by atoms with Crippen LogP contribution in [-0.2, 0) is 11.2 Å². The number of Topliss-reactive ketones (excluding diaryl/α,β-unsaturated/α-hetero) is 1. The van der Waals surface area contributed by atoms with Gasteiger partial charge in [0.2, 0.25) is 0 Å². The minimum Gasteiger partial charge on any atom is -0.494 e. The first-order chi connectivity index (χ1) is 8.02. The summed E-state index contributed by atoms with van der Waals surface area (Å²) in [4.78, 5) is 11.3. The molecule has 1 aliphatic carbocycles. The molecule has 0 aromatic heterocycles. The highest BCUT2D eigenvalue weighted by atomic mass is 19.1. The highest BCUT2D eigenvalue weighted by molar-refractivity contribution is 5.81. The van der Waals surface area contributed by atoms with E-state index in [9.17, 15) is 9.18 Å². The molecule has 1 aliphatic rings. The largest absolute Gasteiger partial charge is 0.494 e. The van der Waals surface area contributed by atoms with Crippen molar-refractivity contribution >= 4 is 5.78 Å². The van der Waals surface area contributed by atoms with Crippen molar-refractivity contribution in [3.8, 4) is 5.75 Å². The highest BCUT2D eigenvalue weighted by Crippen LogP contribution is 2.38. The number of benzene rings is 1. The van der Waals surface area contributed by atoms with Crippen LogP contribution in [0, 0.1) is 11.2 Å². The van der Waals surface area contributed by atoms with Crippen LogP contribution in [0.25, 0.3) is 0 Å². The number of rotatable bonds is 3. The van der Waals surface area contributed by atoms with Crippen molar-refractivity contribution in [2.45, 2.75) is 32.6 Å². The maximum absolute atomic E-state index is 13.5. The van der Waals surface area contributed by atoms with E-state index in [0.29, 0.717) is 18.6 Å². The fourth-order valence-corrected chi connectivity index (χ4v) is 2.56. The Bertz CT molecular complexity index is 442. The van der Waals surface area contributed by atoms with Gasteiger partial charge in [-0.15, -0.1) is 0 Å². The molecule has 92 valence electrons. The van der Waals surface area contributed by atoms with Gasteiger partial charge < -0.3 is 4.74 Å². The van der Waals surface area contributed by atoms with E-state index in [1.54, 1.807) is 6.07 Å². The molecule has 1 fully saturated rings. The normalized spacial score (nSPS) is 24.1. The average Bonchev–Trinajstić information content (AvgIpc) is 2.58. The van der Waals surface area contributed by atoms with Crippen LogP contribution in [-0.4, -0.2) is 12.9 Å². The second kappa shape index (κ2) is 4.47. The van der Waals surface area contributed by atoms with Gasteiger partial charge in [0.05, 0.1) is 7.11 Å². The molecule has 0 saturated heterocycles. The Morgan fingerprint density at radius 1 is 1.47 bits per heavy atom. The molecule has 0 spiro atoms. The van der Waals surface area contributed by atoms with Gasteiger partial charge in [0.15, 0.2) is 11.6 Å². The Kier molecular flexibility index (Phi) is 3.18. The molecule has 1 aromatic carbocycles. The summed E-state index contributed by atoms with van der Waals surface area (Å²) in [5, 5.41) is 0. The second-order valence-electron chi connectivity index (χ2n) is 5.17. The SMILES string of the molecule is COc1ccc(CC2(C)CCC(=O)C2)cc1F. The van der Waals surface area contributed by atoms with E-state index in [2.05, 4.69) is 6.92 Å². The molecule has 1 atom stereocenters. The third-order valence-corrected chi connectivity index (χ3v) is 3.48. The second-order valence-corrected chi connectivity index (χ2v) is 5.17. The predicted octanol–water partition coefficient (Wildman–Crippen LogP) is 3.14. The summed E-state index contributed by atoms with van der Waals surface area (Å²) in [6, 6.07) is 5.02. The number of hydrogen-bond acceptors (Lipinski definition) is 2. The fraction of sp³-hybridized carbons (Fsp3) is 0.500. The van der Waals surface area contributed by atoms with Gasteiger partial charge >= 0.3 is 0 Å². The van der Waals surface area contributed by atoms with Crippen molar-refractivity contribution < 1.29 is 13.9 Å². The van der Waals surface area contributed by atoms with Crippen LogP contribution in [0.1, 0.15) is 31.7 Å². The van der Waals surface area contributed by atoms with E-state index >= 15 is 0 Å². The zero-order valence-corrected chi connectivity index (χ0v) is 10.3. The van der Waals surface area contributed by atoms with Gasteiger partial charge in [-0.25, -0.2) is 4.39 Å². The first-order valence-corrected chi connectivity index (χ1v) is 5.86. The standard InChI is InChI=1S/C14H17FO2/c1-14(6-5-11(16)9-14)8-10-3-4-13(17-2)12(15)7-10/h3-4,7H,5-6,8-9H2,1-2H3. The summed E-state index contributed by atoms with van der Waals surface area (Å²) in [6.45, 7) is 2.10. The summed E-state index contributed by atoms with van der Waals surface area (Å²) in [5.74, 6) is 0.251. The Morgan fingerprint density at radius 2 is 2.24 bits per heavy atom. The monoisotopic (exact) mass is 236 g/mol.